The molecule has 1 aromatic heterocycles. The number of nitrogens with one attached hydrogen (secondary N) is 2. The van der Waals surface area contributed by atoms with Crippen molar-refractivity contribution in [3.8, 4) is 0 Å². The summed E-state index contributed by atoms with van der Waals surface area (Å²) in [5.74, 6) is -1.73. The van der Waals surface area contributed by atoms with Crippen molar-refractivity contribution in [2.75, 3.05) is 10.6 Å². The van der Waals surface area contributed by atoms with E-state index in [1.165, 1.54) is 12.1 Å². The Kier molecular flexibility index (Phi) is 6.34. The first-order valence-electron chi connectivity index (χ1n) is 8.39. The lowest BCUT2D eigenvalue weighted by Crippen LogP contribution is -2.17. The summed E-state index contributed by atoms with van der Waals surface area (Å²) in [6.07, 6.45) is -0.0263. The fourth-order valence-corrected chi connectivity index (χ4v) is 3.46. The first-order valence-corrected chi connectivity index (χ1v) is 10.7. The van der Waals surface area contributed by atoms with Gasteiger partial charge in [-0.25, -0.2) is 17.9 Å². The van der Waals surface area contributed by atoms with Gasteiger partial charge in [0.1, 0.15) is 10.7 Å². The van der Waals surface area contributed by atoms with Crippen LogP contribution in [0.25, 0.3) is 0 Å². The molecule has 8 nitrogen and oxygen atoms in total. The number of primary sulfonamides is 1. The molecule has 0 spiro atoms. The quantitative estimate of drug-likeness (QED) is 0.482. The van der Waals surface area contributed by atoms with Crippen molar-refractivity contribution in [2.24, 2.45) is 5.14 Å². The Morgan fingerprint density at radius 2 is 1.67 bits per heavy atom. The van der Waals surface area contributed by atoms with Crippen LogP contribution in [0.4, 0.5) is 15.8 Å². The van der Waals surface area contributed by atoms with E-state index in [1.807, 2.05) is 0 Å². The van der Waals surface area contributed by atoms with E-state index in [0.717, 1.165) is 12.1 Å². The maximum Gasteiger partial charge on any atom is 0.291 e. The molecule has 0 aliphatic rings. The van der Waals surface area contributed by atoms with Crippen LogP contribution in [0.3, 0.4) is 0 Å². The smallest absolute Gasteiger partial charge is 0.291 e. The molecule has 0 bridgehead atoms. The molecule has 0 fully saturated rings. The standard InChI is InChI=1S/C19H15BrFN3O5S/c20-17-8-7-15(29-17)19(26)24-12-3-1-11(2-4-12)9-18(25)23-13-5-6-14(21)16(10-13)30(22,27)28/h1-8,10H,9H2,(H,23,25)(H,24,26)(H2,22,27,28). The zero-order chi connectivity index (χ0) is 21.9. The van der Waals surface area contributed by atoms with Gasteiger partial charge in [-0.1, -0.05) is 12.1 Å². The van der Waals surface area contributed by atoms with Gasteiger partial charge in [-0.2, -0.15) is 0 Å². The fraction of sp³-hybridized carbons (Fsp3) is 0.0526. The van der Waals surface area contributed by atoms with Gasteiger partial charge in [-0.15, -0.1) is 0 Å². The summed E-state index contributed by atoms with van der Waals surface area (Å²) in [4.78, 5) is 23.5. The first kappa shape index (κ1) is 21.7. The molecule has 30 heavy (non-hydrogen) atoms. The van der Waals surface area contributed by atoms with Gasteiger partial charge in [0.05, 0.1) is 6.42 Å². The lowest BCUT2D eigenvalue weighted by atomic mass is 10.1. The van der Waals surface area contributed by atoms with Crippen LogP contribution in [0.1, 0.15) is 16.1 Å². The van der Waals surface area contributed by atoms with Crippen molar-refractivity contribution in [3.05, 3.63) is 76.4 Å². The lowest BCUT2D eigenvalue weighted by molar-refractivity contribution is -0.115. The average molecular weight is 496 g/mol. The molecule has 3 aromatic rings. The second-order valence-corrected chi connectivity index (χ2v) is 8.48. The van der Waals surface area contributed by atoms with Crippen LogP contribution in [-0.4, -0.2) is 20.2 Å². The summed E-state index contributed by atoms with van der Waals surface area (Å²) in [5.41, 5.74) is 1.24. The molecule has 0 saturated heterocycles. The molecule has 0 saturated carbocycles. The molecule has 0 atom stereocenters. The summed E-state index contributed by atoms with van der Waals surface area (Å²) in [6, 6.07) is 12.7. The third kappa shape index (κ3) is 5.53. The van der Waals surface area contributed by atoms with Crippen LogP contribution in [0.5, 0.6) is 0 Å². The molecule has 0 aliphatic carbocycles. The van der Waals surface area contributed by atoms with Crippen molar-refractivity contribution in [2.45, 2.75) is 11.3 Å². The number of rotatable bonds is 6. The summed E-state index contributed by atoms with van der Waals surface area (Å²) < 4.78 is 41.9. The van der Waals surface area contributed by atoms with Gasteiger partial charge in [0.2, 0.25) is 15.9 Å². The van der Waals surface area contributed by atoms with E-state index in [-0.39, 0.29) is 17.9 Å². The molecule has 0 aliphatic heterocycles. The van der Waals surface area contributed by atoms with Crippen LogP contribution in [0.2, 0.25) is 0 Å². The number of halogens is 2. The average Bonchev–Trinajstić information content (AvgIpc) is 3.10. The van der Waals surface area contributed by atoms with Crippen LogP contribution < -0.4 is 15.8 Å². The van der Waals surface area contributed by atoms with Crippen molar-refractivity contribution in [1.82, 2.24) is 0 Å². The van der Waals surface area contributed by atoms with Gasteiger partial charge in [0, 0.05) is 11.4 Å². The molecule has 2 aromatic carbocycles. The minimum absolute atomic E-state index is 0.0263. The third-order valence-corrected chi connectivity index (χ3v) is 5.25. The number of hydrogen-bond acceptors (Lipinski definition) is 5. The highest BCUT2D eigenvalue weighted by Crippen LogP contribution is 2.19. The largest absolute Gasteiger partial charge is 0.444 e. The second kappa shape index (κ2) is 8.78. The van der Waals surface area contributed by atoms with Crippen LogP contribution in [0, 0.1) is 5.82 Å². The Morgan fingerprint density at radius 1 is 1.00 bits per heavy atom. The van der Waals surface area contributed by atoms with Crippen LogP contribution in [0.15, 0.2) is 68.6 Å². The predicted molar refractivity (Wildman–Crippen MR) is 111 cm³/mol. The zero-order valence-corrected chi connectivity index (χ0v) is 17.6. The van der Waals surface area contributed by atoms with Gasteiger partial charge in [-0.05, 0) is 64.0 Å². The van der Waals surface area contributed by atoms with Crippen LogP contribution in [-0.2, 0) is 21.2 Å². The van der Waals surface area contributed by atoms with Gasteiger partial charge in [0.25, 0.3) is 5.91 Å². The number of carbonyl (C=O) groups excluding carboxylic acids is 2. The highest BCUT2D eigenvalue weighted by atomic mass is 79.9. The molecule has 0 radical (unpaired) electrons. The molecule has 0 unspecified atom stereocenters. The van der Waals surface area contributed by atoms with Crippen molar-refractivity contribution >= 4 is 49.1 Å². The first-order chi connectivity index (χ1) is 14.1. The number of nitrogens with two attached hydrogens (primary N) is 1. The molecule has 156 valence electrons. The van der Waals surface area contributed by atoms with Gasteiger partial charge in [-0.3, -0.25) is 9.59 Å². The Bertz CT molecular complexity index is 1210. The molecular weight excluding hydrogens is 481 g/mol. The molecule has 4 N–H and O–H groups in total. The number of sulfonamides is 1. The minimum Gasteiger partial charge on any atom is -0.444 e. The van der Waals surface area contributed by atoms with Crippen molar-refractivity contribution in [3.63, 3.8) is 0 Å². The zero-order valence-electron chi connectivity index (χ0n) is 15.2. The van der Waals surface area contributed by atoms with E-state index in [2.05, 4.69) is 26.6 Å². The lowest BCUT2D eigenvalue weighted by Gasteiger charge is -2.08. The number of carbonyl (C=O) groups is 2. The van der Waals surface area contributed by atoms with E-state index < -0.39 is 32.6 Å². The number of amides is 2. The maximum atomic E-state index is 13.6. The second-order valence-electron chi connectivity index (χ2n) is 6.17. The summed E-state index contributed by atoms with van der Waals surface area (Å²) in [6.45, 7) is 0. The van der Waals surface area contributed by atoms with Crippen molar-refractivity contribution in [1.29, 1.82) is 0 Å². The minimum atomic E-state index is -4.25. The fourth-order valence-electron chi connectivity index (χ4n) is 2.52. The molecule has 3 rings (SSSR count). The Labute approximate surface area is 179 Å². The van der Waals surface area contributed by atoms with Crippen molar-refractivity contribution < 1.29 is 26.8 Å². The number of hydrogen-bond donors (Lipinski definition) is 3. The number of benzene rings is 2. The predicted octanol–water partition coefficient (Wildman–Crippen LogP) is 3.26. The molecule has 1 heterocycles. The summed E-state index contributed by atoms with van der Waals surface area (Å²) in [5, 5.41) is 10.1. The van der Waals surface area contributed by atoms with E-state index in [0.29, 0.717) is 15.9 Å². The van der Waals surface area contributed by atoms with E-state index in [4.69, 9.17) is 9.56 Å². The molecular formula is C19H15BrFN3O5S. The normalized spacial score (nSPS) is 11.2. The Balaban J connectivity index is 1.61. The maximum absolute atomic E-state index is 13.6. The molecule has 11 heteroatoms. The SMILES string of the molecule is NS(=O)(=O)c1cc(NC(=O)Cc2ccc(NC(=O)c3ccc(Br)o3)cc2)ccc1F. The van der Waals surface area contributed by atoms with E-state index in [9.17, 15) is 22.4 Å². The van der Waals surface area contributed by atoms with E-state index in [1.54, 1.807) is 30.3 Å². The highest BCUT2D eigenvalue weighted by Gasteiger charge is 2.16. The number of furan rings is 1. The highest BCUT2D eigenvalue weighted by molar-refractivity contribution is 9.10. The van der Waals surface area contributed by atoms with Gasteiger partial charge >= 0.3 is 0 Å². The summed E-state index contributed by atoms with van der Waals surface area (Å²) in [7, 11) is -4.25. The topological polar surface area (TPSA) is 132 Å². The van der Waals surface area contributed by atoms with Crippen LogP contribution >= 0.6 is 15.9 Å². The Hall–Kier alpha value is -3.02. The van der Waals surface area contributed by atoms with Gasteiger partial charge < -0.3 is 15.1 Å². The van der Waals surface area contributed by atoms with Gasteiger partial charge in [0.15, 0.2) is 10.4 Å². The molecule has 2 amide bonds. The monoisotopic (exact) mass is 495 g/mol. The number of anilines is 2. The Morgan fingerprint density at radius 3 is 2.27 bits per heavy atom. The third-order valence-electron chi connectivity index (χ3n) is 3.89. The summed E-state index contributed by atoms with van der Waals surface area (Å²) >= 11 is 3.12. The van der Waals surface area contributed by atoms with E-state index >= 15 is 0 Å².